The topological polar surface area (TPSA) is 49.7 Å². The fraction of sp³-hybridized carbons (Fsp3) is 1.00. The van der Waals surface area contributed by atoms with Gasteiger partial charge in [0.25, 0.3) is 0 Å². The number of unbranched alkanes of at least 4 members (excludes halogenated alkanes) is 5. The van der Waals surface area contributed by atoms with Gasteiger partial charge in [-0.15, -0.1) is 0 Å². The molecule has 0 aliphatic heterocycles. The van der Waals surface area contributed by atoms with Gasteiger partial charge in [-0.05, 0) is 12.8 Å². The van der Waals surface area contributed by atoms with E-state index in [1.807, 2.05) is 0 Å². The molecule has 0 bridgehead atoms. The van der Waals surface area contributed by atoms with Crippen LogP contribution in [0.15, 0.2) is 0 Å². The quantitative estimate of drug-likeness (QED) is 0.428. The summed E-state index contributed by atoms with van der Waals surface area (Å²) in [5.74, 6) is 0. The van der Waals surface area contributed by atoms with Crippen LogP contribution in [-0.2, 0) is 4.52 Å². The molecule has 0 aliphatic rings. The molecule has 0 fully saturated rings. The summed E-state index contributed by atoms with van der Waals surface area (Å²) in [6.45, 7) is 4.34. The third kappa shape index (κ3) is 10.8. The zero-order valence-corrected chi connectivity index (χ0v) is 11.6. The first-order valence-corrected chi connectivity index (χ1v) is 7.71. The molecule has 3 nitrogen and oxygen atoms in total. The molecule has 0 saturated carbocycles. The third-order valence-corrected chi connectivity index (χ3v) is 3.24. The maximum absolute atomic E-state index is 8.86. The largest absolute Gasteiger partial charge is 0.328 e. The van der Waals surface area contributed by atoms with Crippen molar-refractivity contribution in [2.24, 2.45) is 0 Å². The first kappa shape index (κ1) is 16.3. The summed E-state index contributed by atoms with van der Waals surface area (Å²) in [5.41, 5.74) is 0. The maximum atomic E-state index is 8.86. The van der Waals surface area contributed by atoms with Crippen molar-refractivity contribution in [3.05, 3.63) is 0 Å². The first-order valence-electron chi connectivity index (χ1n) is 6.55. The van der Waals surface area contributed by atoms with Crippen LogP contribution in [0.4, 0.5) is 0 Å². The fourth-order valence-corrected chi connectivity index (χ4v) is 2.27. The average Bonchev–Trinajstić information content (AvgIpc) is 2.24. The average molecular weight is 250 g/mol. The molecular weight excluding hydrogens is 223 g/mol. The monoisotopic (exact) mass is 250 g/mol. The normalized spacial score (nSPS) is 13.3. The lowest BCUT2D eigenvalue weighted by molar-refractivity contribution is 0.148. The molecule has 0 spiro atoms. The Morgan fingerprint density at radius 1 is 0.875 bits per heavy atom. The molecule has 0 rings (SSSR count). The van der Waals surface area contributed by atoms with Crippen LogP contribution in [0.1, 0.15) is 71.6 Å². The summed E-state index contributed by atoms with van der Waals surface area (Å²) in [4.78, 5) is 17.7. The van der Waals surface area contributed by atoms with Gasteiger partial charge in [-0.1, -0.05) is 58.8 Å². The van der Waals surface area contributed by atoms with Crippen LogP contribution >= 0.6 is 8.60 Å². The van der Waals surface area contributed by atoms with Gasteiger partial charge in [0.15, 0.2) is 0 Å². The summed E-state index contributed by atoms with van der Waals surface area (Å²) < 4.78 is 5.13. The summed E-state index contributed by atoms with van der Waals surface area (Å²) in [5, 5.41) is 0. The van der Waals surface area contributed by atoms with Crippen molar-refractivity contribution in [1.82, 2.24) is 0 Å². The Hall–Kier alpha value is 0.310. The molecule has 0 aliphatic carbocycles. The van der Waals surface area contributed by atoms with Gasteiger partial charge < -0.3 is 14.3 Å². The molecule has 98 valence electrons. The van der Waals surface area contributed by atoms with E-state index in [2.05, 4.69) is 13.8 Å². The Balaban J connectivity index is 3.56. The Kier molecular flexibility index (Phi) is 12.0. The van der Waals surface area contributed by atoms with Crippen LogP contribution in [0, 0.1) is 0 Å². The molecule has 2 N–H and O–H groups in total. The van der Waals surface area contributed by atoms with E-state index in [1.165, 1.54) is 25.7 Å². The van der Waals surface area contributed by atoms with Gasteiger partial charge in [-0.3, -0.25) is 0 Å². The second kappa shape index (κ2) is 11.8. The molecule has 0 radical (unpaired) electrons. The van der Waals surface area contributed by atoms with Crippen molar-refractivity contribution in [3.63, 3.8) is 0 Å². The minimum absolute atomic E-state index is 0.0442. The van der Waals surface area contributed by atoms with E-state index >= 15 is 0 Å². The Morgan fingerprint density at radius 3 is 2.00 bits per heavy atom. The highest BCUT2D eigenvalue weighted by molar-refractivity contribution is 7.39. The summed E-state index contributed by atoms with van der Waals surface area (Å²) in [6.07, 6.45) is 10.4. The maximum Gasteiger partial charge on any atom is 0.327 e. The minimum Gasteiger partial charge on any atom is -0.328 e. The molecule has 1 unspecified atom stereocenters. The van der Waals surface area contributed by atoms with Gasteiger partial charge in [0.05, 0.1) is 6.10 Å². The fourth-order valence-electron chi connectivity index (χ4n) is 1.79. The Morgan fingerprint density at radius 2 is 1.44 bits per heavy atom. The van der Waals surface area contributed by atoms with Gasteiger partial charge in [0, 0.05) is 0 Å². The molecule has 1 atom stereocenters. The lowest BCUT2D eigenvalue weighted by atomic mass is 10.0. The van der Waals surface area contributed by atoms with Gasteiger partial charge >= 0.3 is 8.60 Å². The first-order chi connectivity index (χ1) is 7.70. The van der Waals surface area contributed by atoms with Crippen LogP contribution in [0.5, 0.6) is 0 Å². The van der Waals surface area contributed by atoms with E-state index in [-0.39, 0.29) is 6.10 Å². The molecule has 0 amide bonds. The summed E-state index contributed by atoms with van der Waals surface area (Å²) in [6, 6.07) is 0. The number of hydrogen-bond donors (Lipinski definition) is 2. The zero-order valence-electron chi connectivity index (χ0n) is 10.7. The summed E-state index contributed by atoms with van der Waals surface area (Å²) in [7, 11) is -2.18. The second-order valence-corrected chi connectivity index (χ2v) is 5.04. The lowest BCUT2D eigenvalue weighted by Gasteiger charge is -2.17. The second-order valence-electron chi connectivity index (χ2n) is 4.33. The molecule has 16 heavy (non-hydrogen) atoms. The van der Waals surface area contributed by atoms with E-state index < -0.39 is 8.60 Å². The van der Waals surface area contributed by atoms with Crippen molar-refractivity contribution in [1.29, 1.82) is 0 Å². The standard InChI is InChI=1S/C12H27O3P/c1-3-5-7-8-9-11-12(10-6-4-2)15-16(13)14/h12-14H,3-11H2,1-2H3. The van der Waals surface area contributed by atoms with Crippen LogP contribution in [0.2, 0.25) is 0 Å². The molecular formula is C12H27O3P. The van der Waals surface area contributed by atoms with E-state index in [0.717, 1.165) is 32.1 Å². The van der Waals surface area contributed by atoms with Crippen LogP contribution in [0.3, 0.4) is 0 Å². The van der Waals surface area contributed by atoms with Crippen molar-refractivity contribution in [3.8, 4) is 0 Å². The SMILES string of the molecule is CCCCCCCC(CCCC)OP(O)O. The highest BCUT2D eigenvalue weighted by atomic mass is 31.2. The number of hydrogen-bond acceptors (Lipinski definition) is 3. The molecule has 4 heteroatoms. The van der Waals surface area contributed by atoms with Gasteiger partial charge in [0.2, 0.25) is 0 Å². The molecule has 0 aromatic carbocycles. The highest BCUT2D eigenvalue weighted by Gasteiger charge is 2.13. The smallest absolute Gasteiger partial charge is 0.327 e. The Bertz CT molecular complexity index is 142. The lowest BCUT2D eigenvalue weighted by Crippen LogP contribution is -2.10. The van der Waals surface area contributed by atoms with Gasteiger partial charge in [-0.25, -0.2) is 0 Å². The molecule has 0 aromatic rings. The van der Waals surface area contributed by atoms with E-state index in [4.69, 9.17) is 14.3 Å². The summed E-state index contributed by atoms with van der Waals surface area (Å²) >= 11 is 0. The highest BCUT2D eigenvalue weighted by Crippen LogP contribution is 2.30. The van der Waals surface area contributed by atoms with Crippen molar-refractivity contribution < 1.29 is 14.3 Å². The van der Waals surface area contributed by atoms with E-state index in [0.29, 0.717) is 0 Å². The van der Waals surface area contributed by atoms with Crippen LogP contribution < -0.4 is 0 Å². The van der Waals surface area contributed by atoms with Crippen molar-refractivity contribution in [2.75, 3.05) is 0 Å². The molecule has 0 heterocycles. The number of rotatable bonds is 11. The minimum atomic E-state index is -2.18. The Labute approximate surface area is 101 Å². The van der Waals surface area contributed by atoms with Gasteiger partial charge in [0.1, 0.15) is 0 Å². The van der Waals surface area contributed by atoms with Crippen LogP contribution in [0.25, 0.3) is 0 Å². The van der Waals surface area contributed by atoms with Crippen LogP contribution in [-0.4, -0.2) is 15.9 Å². The zero-order chi connectivity index (χ0) is 12.2. The third-order valence-electron chi connectivity index (χ3n) is 2.75. The van der Waals surface area contributed by atoms with E-state index in [9.17, 15) is 0 Å². The molecule has 0 aromatic heterocycles. The van der Waals surface area contributed by atoms with Crippen molar-refractivity contribution >= 4 is 8.60 Å². The van der Waals surface area contributed by atoms with Crippen molar-refractivity contribution in [2.45, 2.75) is 77.7 Å². The van der Waals surface area contributed by atoms with E-state index in [1.54, 1.807) is 0 Å². The molecule has 0 saturated heterocycles. The van der Waals surface area contributed by atoms with Gasteiger partial charge in [-0.2, -0.15) is 0 Å². The predicted molar refractivity (Wildman–Crippen MR) is 69.1 cm³/mol. The predicted octanol–water partition coefficient (Wildman–Crippen LogP) is 4.13.